The third-order valence-corrected chi connectivity index (χ3v) is 3.95. The van der Waals surface area contributed by atoms with Gasteiger partial charge in [0.2, 0.25) is 10.0 Å². The van der Waals surface area contributed by atoms with E-state index in [1.54, 1.807) is 6.07 Å². The van der Waals surface area contributed by atoms with E-state index in [0.717, 1.165) is 12.7 Å². The molecular weight excluding hydrogens is 298 g/mol. The Bertz CT molecular complexity index is 612. The fourth-order valence-electron chi connectivity index (χ4n) is 2.28. The summed E-state index contributed by atoms with van der Waals surface area (Å²) in [6.45, 7) is 2.15. The molecule has 1 aliphatic rings. The summed E-state index contributed by atoms with van der Waals surface area (Å²) in [6.07, 6.45) is 1.65. The van der Waals surface area contributed by atoms with Crippen molar-refractivity contribution in [2.45, 2.75) is 31.9 Å². The Hall–Kier alpha value is -1.45. The first-order valence-electron chi connectivity index (χ1n) is 6.70. The highest BCUT2D eigenvalue weighted by molar-refractivity contribution is 7.88. The number of hydrogen-bond donors (Lipinski definition) is 2. The monoisotopic (exact) mass is 317 g/mol. The lowest BCUT2D eigenvalue weighted by atomic mass is 10.2. The molecule has 8 nitrogen and oxygen atoms in total. The highest BCUT2D eigenvalue weighted by Gasteiger charge is 2.36. The van der Waals surface area contributed by atoms with Crippen LogP contribution in [0, 0.1) is 0 Å². The van der Waals surface area contributed by atoms with Crippen molar-refractivity contribution >= 4 is 15.9 Å². The second-order valence-corrected chi connectivity index (χ2v) is 6.98. The first kappa shape index (κ1) is 15.9. The number of amides is 1. The summed E-state index contributed by atoms with van der Waals surface area (Å²) in [5, 5.41) is 13.6. The van der Waals surface area contributed by atoms with Crippen molar-refractivity contribution in [3.63, 3.8) is 0 Å². The molecule has 2 atom stereocenters. The lowest BCUT2D eigenvalue weighted by Crippen LogP contribution is -2.42. The average Bonchev–Trinajstić information content (AvgIpc) is 2.95. The number of aromatic nitrogens is 1. The van der Waals surface area contributed by atoms with E-state index in [1.807, 2.05) is 6.92 Å². The highest BCUT2D eigenvalue weighted by Crippen LogP contribution is 2.15. The van der Waals surface area contributed by atoms with Crippen LogP contribution in [0.2, 0.25) is 0 Å². The van der Waals surface area contributed by atoms with Crippen LogP contribution >= 0.6 is 0 Å². The Kier molecular flexibility index (Phi) is 4.64. The minimum Gasteiger partial charge on any atom is -0.390 e. The molecule has 2 N–H and O–H groups in total. The third kappa shape index (κ3) is 4.02. The number of nitrogens with zero attached hydrogens (tertiary/aromatic N) is 2. The summed E-state index contributed by atoms with van der Waals surface area (Å²) < 4.78 is 29.8. The average molecular weight is 317 g/mol. The minimum absolute atomic E-state index is 0.0575. The largest absolute Gasteiger partial charge is 0.390 e. The standard InChI is InChI=1S/C12H19N3O5S/c1-3-4-8-5-9(13-20-8)12(17)15-6-10(11(16)7-15)14-21(2,18)19/h5,10-11,14,16H,3-4,6-7H2,1-2H3/t10-,11-/m1/s1. The number of hydrogen-bond acceptors (Lipinski definition) is 6. The van der Waals surface area contributed by atoms with Gasteiger partial charge in [0.1, 0.15) is 5.76 Å². The summed E-state index contributed by atoms with van der Waals surface area (Å²) in [7, 11) is -3.44. The van der Waals surface area contributed by atoms with Crippen molar-refractivity contribution in [2.24, 2.45) is 0 Å². The van der Waals surface area contributed by atoms with Gasteiger partial charge >= 0.3 is 0 Å². The van der Waals surface area contributed by atoms with E-state index in [-0.39, 0.29) is 24.7 Å². The number of carbonyl (C=O) groups is 1. The molecular formula is C12H19N3O5S. The summed E-state index contributed by atoms with van der Waals surface area (Å²) in [5.74, 6) is 0.254. The molecule has 0 aliphatic carbocycles. The molecule has 9 heteroatoms. The number of nitrogens with one attached hydrogen (secondary N) is 1. The zero-order valence-corrected chi connectivity index (χ0v) is 12.8. The molecule has 0 saturated carbocycles. The summed E-state index contributed by atoms with van der Waals surface area (Å²) in [5.41, 5.74) is 0.172. The fraction of sp³-hybridized carbons (Fsp3) is 0.667. The second kappa shape index (κ2) is 6.12. The fourth-order valence-corrected chi connectivity index (χ4v) is 3.06. The van der Waals surface area contributed by atoms with Gasteiger partial charge in [-0.05, 0) is 6.42 Å². The molecule has 1 amide bonds. The predicted octanol–water partition coefficient (Wildman–Crippen LogP) is -0.638. The van der Waals surface area contributed by atoms with Gasteiger partial charge in [-0.15, -0.1) is 0 Å². The molecule has 0 aromatic carbocycles. The Morgan fingerprint density at radius 2 is 2.29 bits per heavy atom. The highest BCUT2D eigenvalue weighted by atomic mass is 32.2. The van der Waals surface area contributed by atoms with Crippen molar-refractivity contribution in [1.29, 1.82) is 0 Å². The van der Waals surface area contributed by atoms with Crippen LogP contribution in [0.5, 0.6) is 0 Å². The number of carbonyl (C=O) groups excluding carboxylic acids is 1. The molecule has 0 spiro atoms. The topological polar surface area (TPSA) is 113 Å². The molecule has 2 heterocycles. The van der Waals surface area contributed by atoms with Gasteiger partial charge in [-0.25, -0.2) is 13.1 Å². The SMILES string of the molecule is CCCc1cc(C(=O)N2C[C@@H](O)[C@H](NS(C)(=O)=O)C2)no1. The van der Waals surface area contributed by atoms with Crippen LogP contribution in [-0.2, 0) is 16.4 Å². The summed E-state index contributed by atoms with van der Waals surface area (Å²) in [6, 6.07) is 0.876. The number of likely N-dealkylation sites (tertiary alicyclic amines) is 1. The van der Waals surface area contributed by atoms with Gasteiger partial charge in [0, 0.05) is 25.6 Å². The molecule has 0 radical (unpaired) electrons. The smallest absolute Gasteiger partial charge is 0.276 e. The number of aliphatic hydroxyl groups excluding tert-OH is 1. The molecule has 2 rings (SSSR count). The van der Waals surface area contributed by atoms with Gasteiger partial charge < -0.3 is 14.5 Å². The van der Waals surface area contributed by atoms with Crippen molar-refractivity contribution in [3.05, 3.63) is 17.5 Å². The second-order valence-electron chi connectivity index (χ2n) is 5.20. The minimum atomic E-state index is -3.44. The van der Waals surface area contributed by atoms with Crippen LogP contribution in [0.25, 0.3) is 0 Å². The number of aliphatic hydroxyl groups is 1. The maximum atomic E-state index is 12.2. The quantitative estimate of drug-likeness (QED) is 0.747. The number of sulfonamides is 1. The molecule has 0 bridgehead atoms. The molecule has 21 heavy (non-hydrogen) atoms. The van der Waals surface area contributed by atoms with E-state index in [0.29, 0.717) is 12.2 Å². The van der Waals surface area contributed by atoms with Gasteiger partial charge in [0.05, 0.1) is 18.4 Å². The van der Waals surface area contributed by atoms with E-state index in [4.69, 9.17) is 4.52 Å². The van der Waals surface area contributed by atoms with Crippen molar-refractivity contribution in [2.75, 3.05) is 19.3 Å². The maximum Gasteiger partial charge on any atom is 0.276 e. The number of aryl methyl sites for hydroxylation is 1. The summed E-state index contributed by atoms with van der Waals surface area (Å²) >= 11 is 0. The third-order valence-electron chi connectivity index (χ3n) is 3.22. The molecule has 1 aromatic heterocycles. The Morgan fingerprint density at radius 1 is 1.57 bits per heavy atom. The predicted molar refractivity (Wildman–Crippen MR) is 74.2 cm³/mol. The van der Waals surface area contributed by atoms with E-state index in [9.17, 15) is 18.3 Å². The Labute approximate surface area is 123 Å². The van der Waals surface area contributed by atoms with Gasteiger partial charge in [0.25, 0.3) is 5.91 Å². The lowest BCUT2D eigenvalue weighted by molar-refractivity contribution is 0.0754. The molecule has 1 saturated heterocycles. The molecule has 0 unspecified atom stereocenters. The van der Waals surface area contributed by atoms with E-state index >= 15 is 0 Å². The number of β-amino-alcohol motifs (C(OH)–C–C–N with tert-alkyl or cyclic N) is 1. The van der Waals surface area contributed by atoms with Crippen molar-refractivity contribution in [1.82, 2.24) is 14.8 Å². The molecule has 1 aliphatic heterocycles. The Balaban J connectivity index is 2.03. The first-order valence-corrected chi connectivity index (χ1v) is 8.59. The van der Waals surface area contributed by atoms with E-state index in [2.05, 4.69) is 9.88 Å². The Morgan fingerprint density at radius 3 is 2.90 bits per heavy atom. The van der Waals surface area contributed by atoms with Gasteiger partial charge in [-0.3, -0.25) is 4.79 Å². The van der Waals surface area contributed by atoms with Crippen LogP contribution < -0.4 is 4.72 Å². The normalized spacial score (nSPS) is 22.7. The van der Waals surface area contributed by atoms with Gasteiger partial charge in [0.15, 0.2) is 5.69 Å². The first-order chi connectivity index (χ1) is 9.80. The zero-order valence-electron chi connectivity index (χ0n) is 11.9. The van der Waals surface area contributed by atoms with Crippen LogP contribution in [0.3, 0.4) is 0 Å². The summed E-state index contributed by atoms with van der Waals surface area (Å²) in [4.78, 5) is 13.6. The molecule has 1 aromatic rings. The van der Waals surface area contributed by atoms with Crippen LogP contribution in [-0.4, -0.2) is 61.0 Å². The van der Waals surface area contributed by atoms with E-state index in [1.165, 1.54) is 4.90 Å². The molecule has 118 valence electrons. The van der Waals surface area contributed by atoms with Crippen molar-refractivity contribution < 1.29 is 22.8 Å². The number of rotatable bonds is 5. The van der Waals surface area contributed by atoms with Crippen LogP contribution in [0.4, 0.5) is 0 Å². The van der Waals surface area contributed by atoms with E-state index < -0.39 is 22.2 Å². The van der Waals surface area contributed by atoms with Crippen LogP contribution in [0.15, 0.2) is 10.6 Å². The van der Waals surface area contributed by atoms with Gasteiger partial charge in [-0.2, -0.15) is 0 Å². The zero-order chi connectivity index (χ0) is 15.6. The lowest BCUT2D eigenvalue weighted by Gasteiger charge is -2.14. The van der Waals surface area contributed by atoms with Crippen LogP contribution in [0.1, 0.15) is 29.6 Å². The molecule has 1 fully saturated rings. The maximum absolute atomic E-state index is 12.2. The van der Waals surface area contributed by atoms with Crippen molar-refractivity contribution in [3.8, 4) is 0 Å². The van der Waals surface area contributed by atoms with Gasteiger partial charge in [-0.1, -0.05) is 12.1 Å².